The first-order chi connectivity index (χ1) is 11.8. The Morgan fingerprint density at radius 3 is 1.46 bits per heavy atom. The van der Waals surface area contributed by atoms with Crippen molar-refractivity contribution in [1.29, 1.82) is 0 Å². The molecular weight excluding hydrogens is 379 g/mol. The molecule has 0 aromatic heterocycles. The maximum Gasteiger partial charge on any atom is 0.124 e. The third-order valence-corrected chi connectivity index (χ3v) is 4.08. The van der Waals surface area contributed by atoms with Crippen LogP contribution in [0.5, 0.6) is 11.5 Å². The zero-order valence-electron chi connectivity index (χ0n) is 15.6. The Morgan fingerprint density at radius 2 is 1.12 bits per heavy atom. The van der Waals surface area contributed by atoms with Gasteiger partial charge in [0.2, 0.25) is 0 Å². The van der Waals surface area contributed by atoms with Gasteiger partial charge >= 0.3 is 0 Å². The van der Waals surface area contributed by atoms with Gasteiger partial charge in [-0.2, -0.15) is 0 Å². The van der Waals surface area contributed by atoms with Crippen LogP contribution >= 0.6 is 0 Å². The first-order valence-corrected chi connectivity index (χ1v) is 8.39. The maximum absolute atomic E-state index is 9.91. The minimum Gasteiger partial charge on any atom is -0.507 e. The molecule has 0 saturated carbocycles. The monoisotopic (exact) mass is 405 g/mol. The van der Waals surface area contributed by atoms with E-state index in [1.54, 1.807) is 24.3 Å². The molecular formula is C21H26CuN2O2. The molecule has 0 aliphatic carbocycles. The number of phenolic OH excluding ortho intramolecular Hbond substituents is 2. The Kier molecular flexibility index (Phi) is 8.06. The Balaban J connectivity index is 0.00000338. The summed E-state index contributed by atoms with van der Waals surface area (Å²) in [5, 5.41) is 19.8. The van der Waals surface area contributed by atoms with E-state index in [-0.39, 0.29) is 34.0 Å². The summed E-state index contributed by atoms with van der Waals surface area (Å²) < 4.78 is 0. The van der Waals surface area contributed by atoms with Crippen molar-refractivity contribution < 1.29 is 27.3 Å². The number of hydrogen-bond acceptors (Lipinski definition) is 4. The summed E-state index contributed by atoms with van der Waals surface area (Å²) >= 11 is 0. The van der Waals surface area contributed by atoms with E-state index < -0.39 is 0 Å². The van der Waals surface area contributed by atoms with Crippen molar-refractivity contribution in [3.8, 4) is 11.5 Å². The maximum atomic E-state index is 9.91. The normalized spacial score (nSPS) is 12.6. The van der Waals surface area contributed by atoms with E-state index in [0.29, 0.717) is 13.1 Å². The van der Waals surface area contributed by atoms with Gasteiger partial charge in [-0.05, 0) is 38.1 Å². The van der Waals surface area contributed by atoms with Crippen LogP contribution in [0.15, 0.2) is 58.5 Å². The van der Waals surface area contributed by atoms with E-state index >= 15 is 0 Å². The molecule has 4 nitrogen and oxygen atoms in total. The van der Waals surface area contributed by atoms with Gasteiger partial charge in [0, 0.05) is 58.1 Å². The van der Waals surface area contributed by atoms with Gasteiger partial charge in [-0.3, -0.25) is 9.98 Å². The summed E-state index contributed by atoms with van der Waals surface area (Å²) in [7, 11) is 0. The van der Waals surface area contributed by atoms with Crippen LogP contribution < -0.4 is 0 Å². The minimum atomic E-state index is -0.128. The van der Waals surface area contributed by atoms with Crippen molar-refractivity contribution in [2.24, 2.45) is 15.4 Å². The van der Waals surface area contributed by atoms with E-state index in [2.05, 4.69) is 23.8 Å². The summed E-state index contributed by atoms with van der Waals surface area (Å²) in [5.74, 6) is 0.491. The van der Waals surface area contributed by atoms with E-state index in [9.17, 15) is 10.2 Å². The molecule has 2 rings (SSSR count). The second kappa shape index (κ2) is 9.56. The molecule has 0 spiro atoms. The van der Waals surface area contributed by atoms with Crippen LogP contribution in [0.4, 0.5) is 0 Å². The molecule has 0 unspecified atom stereocenters. The predicted octanol–water partition coefficient (Wildman–Crippen LogP) is 4.44. The fraction of sp³-hybridized carbons (Fsp3) is 0.333. The Labute approximate surface area is 166 Å². The van der Waals surface area contributed by atoms with Gasteiger partial charge in [0.05, 0.1) is 0 Å². The van der Waals surface area contributed by atoms with Gasteiger partial charge in [-0.25, -0.2) is 0 Å². The van der Waals surface area contributed by atoms with E-state index in [4.69, 9.17) is 0 Å². The molecule has 0 bridgehead atoms. The molecule has 0 heterocycles. The largest absolute Gasteiger partial charge is 0.507 e. The molecule has 0 fully saturated rings. The van der Waals surface area contributed by atoms with Crippen molar-refractivity contribution in [1.82, 2.24) is 0 Å². The van der Waals surface area contributed by atoms with Crippen LogP contribution in [0, 0.1) is 5.41 Å². The molecule has 26 heavy (non-hydrogen) atoms. The number of rotatable bonds is 6. The quantitative estimate of drug-likeness (QED) is 0.551. The Hall–Kier alpha value is -2.10. The number of aromatic hydroxyl groups is 2. The van der Waals surface area contributed by atoms with Crippen molar-refractivity contribution in [2.75, 3.05) is 13.1 Å². The van der Waals surface area contributed by atoms with Crippen molar-refractivity contribution >= 4 is 11.4 Å². The average molecular weight is 405 g/mol. The number of nitrogens with zero attached hydrogens (tertiary/aromatic N) is 2. The van der Waals surface area contributed by atoms with Crippen LogP contribution in [0.25, 0.3) is 0 Å². The minimum absolute atomic E-state index is 0. The summed E-state index contributed by atoms with van der Waals surface area (Å²) in [4.78, 5) is 9.27. The van der Waals surface area contributed by atoms with Crippen molar-refractivity contribution in [3.63, 3.8) is 0 Å². The summed E-state index contributed by atoms with van der Waals surface area (Å²) in [6.45, 7) is 9.23. The molecule has 0 saturated heterocycles. The predicted molar refractivity (Wildman–Crippen MR) is 104 cm³/mol. The summed E-state index contributed by atoms with van der Waals surface area (Å²) in [6, 6.07) is 14.4. The molecule has 0 atom stereocenters. The van der Waals surface area contributed by atoms with Gasteiger partial charge in [-0.1, -0.05) is 38.1 Å². The van der Waals surface area contributed by atoms with Crippen molar-refractivity contribution in [3.05, 3.63) is 59.7 Å². The van der Waals surface area contributed by atoms with Gasteiger partial charge in [0.1, 0.15) is 11.5 Å². The Bertz CT molecular complexity index is 733. The second-order valence-electron chi connectivity index (χ2n) is 7.00. The summed E-state index contributed by atoms with van der Waals surface area (Å²) in [5.41, 5.74) is 3.01. The van der Waals surface area contributed by atoms with Crippen LogP contribution in [-0.2, 0) is 17.1 Å². The Morgan fingerprint density at radius 1 is 0.769 bits per heavy atom. The van der Waals surface area contributed by atoms with E-state index in [1.165, 1.54) is 0 Å². The molecule has 0 amide bonds. The van der Waals surface area contributed by atoms with E-state index in [0.717, 1.165) is 22.6 Å². The fourth-order valence-corrected chi connectivity index (χ4v) is 2.44. The molecule has 143 valence electrons. The third-order valence-electron chi connectivity index (χ3n) is 4.08. The molecule has 1 radical (unpaired) electrons. The number of aliphatic imine (C=N–C) groups is 2. The van der Waals surface area contributed by atoms with Crippen LogP contribution in [0.2, 0.25) is 0 Å². The fourth-order valence-electron chi connectivity index (χ4n) is 2.44. The second-order valence-corrected chi connectivity index (χ2v) is 7.00. The standard InChI is InChI=1S/C21H26N2O2.Cu/c1-15(17-9-5-7-11-19(17)24)22-13-21(3,4)14-23-16(2)18-10-6-8-12-20(18)25;/h5-12,24-25H,13-14H2,1-4H3;/i;1+3. The van der Waals surface area contributed by atoms with Crippen LogP contribution in [0.3, 0.4) is 0 Å². The zero-order chi connectivity index (χ0) is 18.4. The molecule has 2 N–H and O–H groups in total. The smallest absolute Gasteiger partial charge is 0.124 e. The van der Waals surface area contributed by atoms with Gasteiger partial charge in [-0.15, -0.1) is 0 Å². The van der Waals surface area contributed by atoms with Crippen molar-refractivity contribution in [2.45, 2.75) is 27.7 Å². The number of phenols is 2. The SMILES string of the molecule is CC(=NCC(C)(C)CN=C(C)c1ccccc1O)c1ccccc1O.[67Cu]. The topological polar surface area (TPSA) is 65.2 Å². The number of benzene rings is 2. The molecule has 2 aromatic rings. The summed E-state index contributed by atoms with van der Waals surface area (Å²) in [6.07, 6.45) is 0. The van der Waals surface area contributed by atoms with Crippen LogP contribution in [-0.4, -0.2) is 34.7 Å². The van der Waals surface area contributed by atoms with Gasteiger partial charge < -0.3 is 10.2 Å². The average Bonchev–Trinajstić information content (AvgIpc) is 2.59. The number of hydrogen-bond donors (Lipinski definition) is 2. The third kappa shape index (κ3) is 6.01. The van der Waals surface area contributed by atoms with Gasteiger partial charge in [0.15, 0.2) is 0 Å². The van der Waals surface area contributed by atoms with Crippen LogP contribution in [0.1, 0.15) is 38.8 Å². The van der Waals surface area contributed by atoms with Gasteiger partial charge in [0.25, 0.3) is 0 Å². The number of para-hydroxylation sites is 2. The molecule has 2 aromatic carbocycles. The molecule has 5 heteroatoms. The first kappa shape index (κ1) is 21.9. The molecule has 0 aliphatic heterocycles. The zero-order valence-corrected chi connectivity index (χ0v) is 16.6. The molecule has 0 aliphatic rings. The first-order valence-electron chi connectivity index (χ1n) is 8.39. The van der Waals surface area contributed by atoms with E-state index in [1.807, 2.05) is 38.1 Å².